The Morgan fingerprint density at radius 2 is 1.83 bits per heavy atom. The van der Waals surface area contributed by atoms with Crippen LogP contribution in [-0.4, -0.2) is 15.6 Å². The molecule has 0 saturated heterocycles. The highest BCUT2D eigenvalue weighted by molar-refractivity contribution is 5.90. The number of nitrogens with one attached hydrogen (secondary N) is 1. The lowest BCUT2D eigenvalue weighted by Gasteiger charge is -2.15. The zero-order valence-electron chi connectivity index (χ0n) is 15.6. The van der Waals surface area contributed by atoms with Crippen molar-refractivity contribution in [2.24, 2.45) is 0 Å². The van der Waals surface area contributed by atoms with Crippen molar-refractivity contribution in [3.05, 3.63) is 93.7 Å². The zero-order chi connectivity index (χ0) is 21.7. The molecule has 3 aromatic rings. The summed E-state index contributed by atoms with van der Waals surface area (Å²) in [5, 5.41) is 11.8. The molecule has 156 valence electrons. The van der Waals surface area contributed by atoms with Gasteiger partial charge >= 0.3 is 0 Å². The van der Waals surface area contributed by atoms with Crippen LogP contribution in [0.3, 0.4) is 0 Å². The summed E-state index contributed by atoms with van der Waals surface area (Å²) in [6.45, 7) is -1.14. The maximum absolute atomic E-state index is 13.7. The molecule has 1 amide bonds. The van der Waals surface area contributed by atoms with Gasteiger partial charge in [0.05, 0.1) is 18.5 Å². The van der Waals surface area contributed by atoms with E-state index in [-0.39, 0.29) is 35.8 Å². The highest BCUT2D eigenvalue weighted by atomic mass is 19.1. The van der Waals surface area contributed by atoms with Gasteiger partial charge in [-0.2, -0.15) is 0 Å². The van der Waals surface area contributed by atoms with Gasteiger partial charge in [0.1, 0.15) is 30.6 Å². The van der Waals surface area contributed by atoms with Gasteiger partial charge in [0, 0.05) is 23.4 Å². The van der Waals surface area contributed by atoms with Crippen LogP contribution in [0.15, 0.2) is 59.5 Å². The van der Waals surface area contributed by atoms with Crippen molar-refractivity contribution < 1.29 is 27.8 Å². The van der Waals surface area contributed by atoms with Crippen LogP contribution in [0.25, 0.3) is 0 Å². The molecule has 0 fully saturated rings. The number of amides is 1. The summed E-state index contributed by atoms with van der Waals surface area (Å²) in [7, 11) is 0. The number of nitrogens with zero attached hydrogens (tertiary/aromatic N) is 1. The molecule has 2 N–H and O–H groups in total. The number of rotatable bonds is 7. The van der Waals surface area contributed by atoms with E-state index in [1.807, 2.05) is 0 Å². The Balaban J connectivity index is 1.78. The predicted octanol–water partition coefficient (Wildman–Crippen LogP) is 2.98. The Morgan fingerprint density at radius 3 is 2.53 bits per heavy atom. The van der Waals surface area contributed by atoms with E-state index in [1.165, 1.54) is 29.0 Å². The van der Waals surface area contributed by atoms with Crippen molar-refractivity contribution >= 4 is 11.6 Å². The van der Waals surface area contributed by atoms with Crippen molar-refractivity contribution in [3.63, 3.8) is 0 Å². The van der Waals surface area contributed by atoms with Gasteiger partial charge in [-0.1, -0.05) is 18.2 Å². The minimum atomic E-state index is -0.945. The first-order valence-corrected chi connectivity index (χ1v) is 8.82. The average molecular weight is 418 g/mol. The molecule has 6 nitrogen and oxygen atoms in total. The lowest BCUT2D eigenvalue weighted by molar-refractivity contribution is -0.116. The summed E-state index contributed by atoms with van der Waals surface area (Å²) in [5.41, 5.74) is -0.423. The molecular formula is C21H17F3N2O4. The molecule has 1 heterocycles. The van der Waals surface area contributed by atoms with E-state index < -0.39 is 35.4 Å². The van der Waals surface area contributed by atoms with Gasteiger partial charge in [0.25, 0.3) is 0 Å². The summed E-state index contributed by atoms with van der Waals surface area (Å²) in [5.74, 6) is -3.06. The Hall–Kier alpha value is -3.59. The number of aliphatic hydroxyl groups excluding tert-OH is 1. The van der Waals surface area contributed by atoms with E-state index in [1.54, 1.807) is 6.07 Å². The second-order valence-corrected chi connectivity index (χ2v) is 6.33. The highest BCUT2D eigenvalue weighted by Crippen LogP contribution is 2.16. The van der Waals surface area contributed by atoms with Gasteiger partial charge in [0.2, 0.25) is 11.3 Å². The fourth-order valence-electron chi connectivity index (χ4n) is 2.69. The van der Waals surface area contributed by atoms with E-state index in [2.05, 4.69) is 5.32 Å². The van der Waals surface area contributed by atoms with Crippen molar-refractivity contribution in [1.82, 2.24) is 4.57 Å². The fraction of sp³-hybridized carbons (Fsp3) is 0.143. The van der Waals surface area contributed by atoms with Gasteiger partial charge in [-0.3, -0.25) is 9.59 Å². The van der Waals surface area contributed by atoms with Crippen molar-refractivity contribution in [3.8, 4) is 5.75 Å². The van der Waals surface area contributed by atoms with E-state index in [0.29, 0.717) is 6.07 Å². The minimum Gasteiger partial charge on any atom is -0.483 e. The number of pyridine rings is 1. The van der Waals surface area contributed by atoms with Gasteiger partial charge in [-0.15, -0.1) is 0 Å². The maximum atomic E-state index is 13.7. The summed E-state index contributed by atoms with van der Waals surface area (Å²) < 4.78 is 47.1. The van der Waals surface area contributed by atoms with Gasteiger partial charge in [-0.05, 0) is 18.2 Å². The molecule has 2 aromatic carbocycles. The van der Waals surface area contributed by atoms with Crippen LogP contribution in [0.2, 0.25) is 0 Å². The van der Waals surface area contributed by atoms with Crippen LogP contribution in [0.5, 0.6) is 5.75 Å². The first-order chi connectivity index (χ1) is 14.4. The molecular weight excluding hydrogens is 401 g/mol. The quantitative estimate of drug-likeness (QED) is 0.618. The van der Waals surface area contributed by atoms with Gasteiger partial charge in [-0.25, -0.2) is 13.2 Å². The molecule has 0 atom stereocenters. The van der Waals surface area contributed by atoms with E-state index in [9.17, 15) is 27.9 Å². The Morgan fingerprint density at radius 1 is 1.07 bits per heavy atom. The summed E-state index contributed by atoms with van der Waals surface area (Å²) >= 11 is 0. The summed E-state index contributed by atoms with van der Waals surface area (Å²) in [4.78, 5) is 24.4. The van der Waals surface area contributed by atoms with Gasteiger partial charge < -0.3 is 19.7 Å². The molecule has 3 rings (SSSR count). The standard InChI is InChI=1S/C21H17F3N2O4/c22-14-5-6-18(17(24)7-14)25-21(29)10-26-9-20(19(28)8-15(26)11-27)30-12-13-3-1-2-4-16(13)23/h1-9,27H,10-12H2,(H,25,29). The maximum Gasteiger partial charge on any atom is 0.244 e. The second kappa shape index (κ2) is 9.27. The second-order valence-electron chi connectivity index (χ2n) is 6.33. The highest BCUT2D eigenvalue weighted by Gasteiger charge is 2.13. The third kappa shape index (κ3) is 5.06. The lowest BCUT2D eigenvalue weighted by Crippen LogP contribution is -2.23. The number of anilines is 1. The monoisotopic (exact) mass is 418 g/mol. The van der Waals surface area contributed by atoms with Crippen LogP contribution in [0, 0.1) is 17.5 Å². The predicted molar refractivity (Wildman–Crippen MR) is 102 cm³/mol. The summed E-state index contributed by atoms with van der Waals surface area (Å²) in [6.07, 6.45) is 1.20. The van der Waals surface area contributed by atoms with E-state index >= 15 is 0 Å². The van der Waals surface area contributed by atoms with Crippen LogP contribution in [0.4, 0.5) is 18.9 Å². The van der Waals surface area contributed by atoms with Crippen LogP contribution in [0.1, 0.15) is 11.3 Å². The molecule has 0 unspecified atom stereocenters. The van der Waals surface area contributed by atoms with Gasteiger partial charge in [0.15, 0.2) is 5.75 Å². The van der Waals surface area contributed by atoms with Crippen molar-refractivity contribution in [1.29, 1.82) is 0 Å². The van der Waals surface area contributed by atoms with E-state index in [4.69, 9.17) is 4.74 Å². The minimum absolute atomic E-state index is 0.118. The Labute approximate surface area is 169 Å². The van der Waals surface area contributed by atoms with Crippen molar-refractivity contribution in [2.45, 2.75) is 19.8 Å². The van der Waals surface area contributed by atoms with Crippen LogP contribution in [-0.2, 0) is 24.6 Å². The lowest BCUT2D eigenvalue weighted by atomic mass is 10.2. The molecule has 0 radical (unpaired) electrons. The Kier molecular flexibility index (Phi) is 6.53. The van der Waals surface area contributed by atoms with Crippen molar-refractivity contribution in [2.75, 3.05) is 5.32 Å². The third-order valence-electron chi connectivity index (χ3n) is 4.20. The van der Waals surface area contributed by atoms with Crippen LogP contribution < -0.4 is 15.5 Å². The summed E-state index contributed by atoms with van der Waals surface area (Å²) in [6, 6.07) is 9.67. The average Bonchev–Trinajstić information content (AvgIpc) is 2.71. The SMILES string of the molecule is O=C(Cn1cc(OCc2ccccc2F)c(=O)cc1CO)Nc1ccc(F)cc1F. The molecule has 0 bridgehead atoms. The number of carbonyl (C=O) groups is 1. The molecule has 30 heavy (non-hydrogen) atoms. The number of benzene rings is 2. The number of aromatic nitrogens is 1. The normalized spacial score (nSPS) is 10.7. The third-order valence-corrected chi connectivity index (χ3v) is 4.20. The number of carbonyl (C=O) groups excluding carboxylic acids is 1. The Bertz CT molecular complexity index is 1130. The molecule has 1 aromatic heterocycles. The number of hydrogen-bond acceptors (Lipinski definition) is 4. The molecule has 0 aliphatic heterocycles. The molecule has 0 spiro atoms. The number of halogens is 3. The molecule has 9 heteroatoms. The fourth-order valence-corrected chi connectivity index (χ4v) is 2.69. The van der Waals surface area contributed by atoms with Crippen LogP contribution >= 0.6 is 0 Å². The number of ether oxygens (including phenoxy) is 1. The largest absolute Gasteiger partial charge is 0.483 e. The molecule has 0 aliphatic carbocycles. The first-order valence-electron chi connectivity index (χ1n) is 8.82. The number of aliphatic hydroxyl groups is 1. The molecule has 0 saturated carbocycles. The molecule has 0 aliphatic rings. The zero-order valence-corrected chi connectivity index (χ0v) is 15.6. The topological polar surface area (TPSA) is 80.6 Å². The van der Waals surface area contributed by atoms with E-state index in [0.717, 1.165) is 18.2 Å². The smallest absolute Gasteiger partial charge is 0.244 e. The first kappa shape index (κ1) is 21.1. The number of hydrogen-bond donors (Lipinski definition) is 2.